The summed E-state index contributed by atoms with van der Waals surface area (Å²) in [6.07, 6.45) is 3.13. The van der Waals surface area contributed by atoms with Crippen LogP contribution >= 0.6 is 34.5 Å². The third-order valence-corrected chi connectivity index (χ3v) is 6.98. The number of halogens is 3. The average Bonchev–Trinajstić information content (AvgIpc) is 3.29. The van der Waals surface area contributed by atoms with Crippen molar-refractivity contribution in [3.05, 3.63) is 80.0 Å². The Kier molecular flexibility index (Phi) is 6.56. The lowest BCUT2D eigenvalue weighted by molar-refractivity contribution is 0.0713. The van der Waals surface area contributed by atoms with Gasteiger partial charge in [0.1, 0.15) is 16.0 Å². The molecule has 2 aromatic heterocycles. The summed E-state index contributed by atoms with van der Waals surface area (Å²) >= 11 is 14.1. The van der Waals surface area contributed by atoms with Crippen LogP contribution in [0.2, 0.25) is 10.2 Å². The maximum Gasteiger partial charge on any atom is 0.257 e. The smallest absolute Gasteiger partial charge is 0.257 e. The average molecular weight is 464 g/mol. The number of pyridine rings is 1. The number of thiophene rings is 1. The van der Waals surface area contributed by atoms with E-state index in [1.807, 2.05) is 34.5 Å². The lowest BCUT2D eigenvalue weighted by Gasteiger charge is -2.32. The zero-order valence-corrected chi connectivity index (χ0v) is 18.4. The Morgan fingerprint density at radius 1 is 1.20 bits per heavy atom. The molecule has 4 nitrogen and oxygen atoms in total. The van der Waals surface area contributed by atoms with Gasteiger partial charge in [0.25, 0.3) is 5.91 Å². The number of carbonyl (C=O) groups is 1. The first-order valence-electron chi connectivity index (χ1n) is 9.68. The molecule has 0 atom stereocenters. The van der Waals surface area contributed by atoms with Gasteiger partial charge in [-0.1, -0.05) is 41.4 Å². The first kappa shape index (κ1) is 21.1. The highest BCUT2D eigenvalue weighted by Gasteiger charge is 2.27. The van der Waals surface area contributed by atoms with Crippen LogP contribution in [0.3, 0.4) is 0 Å². The van der Waals surface area contributed by atoms with Crippen molar-refractivity contribution in [1.29, 1.82) is 0 Å². The van der Waals surface area contributed by atoms with E-state index in [9.17, 15) is 9.18 Å². The molecule has 1 aliphatic heterocycles. The molecule has 0 unspecified atom stereocenters. The zero-order chi connectivity index (χ0) is 21.1. The van der Waals surface area contributed by atoms with Gasteiger partial charge >= 0.3 is 0 Å². The van der Waals surface area contributed by atoms with Crippen LogP contribution in [-0.4, -0.2) is 28.9 Å². The molecule has 1 saturated heterocycles. The summed E-state index contributed by atoms with van der Waals surface area (Å²) in [5, 5.41) is 5.67. The molecule has 1 fully saturated rings. The first-order valence-corrected chi connectivity index (χ1v) is 11.3. The van der Waals surface area contributed by atoms with Crippen LogP contribution in [0.25, 0.3) is 0 Å². The lowest BCUT2D eigenvalue weighted by Crippen LogP contribution is -2.38. The fourth-order valence-corrected chi connectivity index (χ4v) is 4.71. The Morgan fingerprint density at radius 2 is 1.93 bits per heavy atom. The van der Waals surface area contributed by atoms with E-state index in [0.29, 0.717) is 36.8 Å². The zero-order valence-electron chi connectivity index (χ0n) is 16.1. The topological polar surface area (TPSA) is 45.2 Å². The predicted molar refractivity (Wildman–Crippen MR) is 120 cm³/mol. The Hall–Kier alpha value is -2.15. The third kappa shape index (κ3) is 4.61. The van der Waals surface area contributed by atoms with E-state index in [2.05, 4.69) is 10.3 Å². The summed E-state index contributed by atoms with van der Waals surface area (Å²) in [5.41, 5.74) is 2.04. The number of hydrogen-bond acceptors (Lipinski definition) is 4. The van der Waals surface area contributed by atoms with E-state index < -0.39 is 0 Å². The van der Waals surface area contributed by atoms with Gasteiger partial charge in [-0.2, -0.15) is 0 Å². The second kappa shape index (κ2) is 9.33. The molecule has 3 heterocycles. The van der Waals surface area contributed by atoms with E-state index in [4.69, 9.17) is 23.2 Å². The van der Waals surface area contributed by atoms with Crippen molar-refractivity contribution in [1.82, 2.24) is 9.88 Å². The largest absolute Gasteiger partial charge is 0.378 e. The SMILES string of the molecule is O=C(c1cnc(Cl)c(Cl)c1NCc1cccs1)N1CCC(c2ccc(F)cc2)CC1. The Labute approximate surface area is 188 Å². The summed E-state index contributed by atoms with van der Waals surface area (Å²) < 4.78 is 13.2. The Bertz CT molecular complexity index is 1020. The van der Waals surface area contributed by atoms with Crippen molar-refractivity contribution in [2.24, 2.45) is 0 Å². The van der Waals surface area contributed by atoms with Gasteiger partial charge in [0.2, 0.25) is 0 Å². The minimum atomic E-state index is -0.235. The molecule has 30 heavy (non-hydrogen) atoms. The second-order valence-electron chi connectivity index (χ2n) is 7.20. The summed E-state index contributed by atoms with van der Waals surface area (Å²) in [4.78, 5) is 20.3. The number of aromatic nitrogens is 1. The third-order valence-electron chi connectivity index (χ3n) is 5.35. The van der Waals surface area contributed by atoms with Gasteiger partial charge in [-0.05, 0) is 47.9 Å². The van der Waals surface area contributed by atoms with Crippen LogP contribution in [0, 0.1) is 5.82 Å². The number of anilines is 1. The Morgan fingerprint density at radius 3 is 2.60 bits per heavy atom. The number of piperidine rings is 1. The van der Waals surface area contributed by atoms with Crippen molar-refractivity contribution in [3.8, 4) is 0 Å². The predicted octanol–water partition coefficient (Wildman–Crippen LogP) is 6.22. The number of likely N-dealkylation sites (tertiary alicyclic amines) is 1. The molecular formula is C22H20Cl2FN3OS. The highest BCUT2D eigenvalue weighted by atomic mass is 35.5. The quantitative estimate of drug-likeness (QED) is 0.456. The number of carbonyl (C=O) groups excluding carboxylic acids is 1. The number of nitrogens with zero attached hydrogens (tertiary/aromatic N) is 2. The summed E-state index contributed by atoms with van der Waals surface area (Å²) in [7, 11) is 0. The van der Waals surface area contributed by atoms with Crippen LogP contribution in [0.5, 0.6) is 0 Å². The highest BCUT2D eigenvalue weighted by Crippen LogP contribution is 2.34. The molecule has 0 bridgehead atoms. The monoisotopic (exact) mass is 463 g/mol. The normalized spacial score (nSPS) is 14.7. The molecule has 0 spiro atoms. The van der Waals surface area contributed by atoms with Crippen molar-refractivity contribution in [2.75, 3.05) is 18.4 Å². The van der Waals surface area contributed by atoms with Gasteiger partial charge in [0.15, 0.2) is 0 Å². The summed E-state index contributed by atoms with van der Waals surface area (Å²) in [5.74, 6) is -0.0358. The van der Waals surface area contributed by atoms with Gasteiger partial charge in [-0.15, -0.1) is 11.3 Å². The molecule has 1 N–H and O–H groups in total. The van der Waals surface area contributed by atoms with Crippen LogP contribution in [-0.2, 0) is 6.54 Å². The molecule has 1 amide bonds. The van der Waals surface area contributed by atoms with E-state index in [-0.39, 0.29) is 21.9 Å². The minimum absolute atomic E-state index is 0.118. The van der Waals surface area contributed by atoms with Gasteiger partial charge in [-0.25, -0.2) is 9.37 Å². The summed E-state index contributed by atoms with van der Waals surface area (Å²) in [6, 6.07) is 10.6. The van der Waals surface area contributed by atoms with Crippen LogP contribution in [0.15, 0.2) is 48.0 Å². The van der Waals surface area contributed by atoms with E-state index in [1.165, 1.54) is 18.3 Å². The second-order valence-corrected chi connectivity index (χ2v) is 8.97. The number of amides is 1. The molecule has 8 heteroatoms. The molecule has 1 aromatic carbocycles. The van der Waals surface area contributed by atoms with Crippen LogP contribution < -0.4 is 5.32 Å². The number of hydrogen-bond donors (Lipinski definition) is 1. The van der Waals surface area contributed by atoms with Gasteiger partial charge < -0.3 is 10.2 Å². The molecular weight excluding hydrogens is 444 g/mol. The van der Waals surface area contributed by atoms with Crippen molar-refractivity contribution in [2.45, 2.75) is 25.3 Å². The number of rotatable bonds is 5. The molecule has 1 aliphatic rings. The molecule has 0 saturated carbocycles. The van der Waals surface area contributed by atoms with E-state index in [0.717, 1.165) is 23.3 Å². The van der Waals surface area contributed by atoms with Gasteiger partial charge in [-0.3, -0.25) is 4.79 Å². The minimum Gasteiger partial charge on any atom is -0.378 e. The standard InChI is InChI=1S/C22H20Cl2FN3OS/c23-19-20(26-12-17-2-1-11-30-17)18(13-27-21(19)24)22(29)28-9-7-15(8-10-28)14-3-5-16(25)6-4-14/h1-6,11,13,15H,7-10,12H2,(H,26,27). The fraction of sp³-hybridized carbons (Fsp3) is 0.273. The molecule has 156 valence electrons. The maximum absolute atomic E-state index is 13.2. The molecule has 0 aliphatic carbocycles. The fourth-order valence-electron chi connectivity index (χ4n) is 3.71. The van der Waals surface area contributed by atoms with Gasteiger partial charge in [0.05, 0.1) is 11.3 Å². The highest BCUT2D eigenvalue weighted by molar-refractivity contribution is 7.09. The first-order chi connectivity index (χ1) is 14.5. The van der Waals surface area contributed by atoms with Crippen molar-refractivity contribution < 1.29 is 9.18 Å². The molecule has 4 rings (SSSR count). The molecule has 3 aromatic rings. The van der Waals surface area contributed by atoms with Crippen molar-refractivity contribution in [3.63, 3.8) is 0 Å². The number of nitrogens with one attached hydrogen (secondary N) is 1. The summed E-state index contributed by atoms with van der Waals surface area (Å²) in [6.45, 7) is 1.78. The van der Waals surface area contributed by atoms with Crippen LogP contribution in [0.1, 0.15) is 39.6 Å². The molecule has 0 radical (unpaired) electrons. The van der Waals surface area contributed by atoms with E-state index >= 15 is 0 Å². The maximum atomic E-state index is 13.2. The number of benzene rings is 1. The Balaban J connectivity index is 1.48. The van der Waals surface area contributed by atoms with Gasteiger partial charge in [0, 0.05) is 30.7 Å². The van der Waals surface area contributed by atoms with Crippen molar-refractivity contribution >= 4 is 46.1 Å². The van der Waals surface area contributed by atoms with Crippen LogP contribution in [0.4, 0.5) is 10.1 Å². The lowest BCUT2D eigenvalue weighted by atomic mass is 9.89. The van der Waals surface area contributed by atoms with E-state index in [1.54, 1.807) is 11.3 Å².